The van der Waals surface area contributed by atoms with Crippen LogP contribution in [0.1, 0.15) is 30.4 Å². The van der Waals surface area contributed by atoms with Crippen molar-refractivity contribution in [3.8, 4) is 5.75 Å². The predicted octanol–water partition coefficient (Wildman–Crippen LogP) is 1.44. The molecular weight excluding hydrogens is 278 g/mol. The van der Waals surface area contributed by atoms with E-state index >= 15 is 0 Å². The van der Waals surface area contributed by atoms with Gasteiger partial charge in [0.25, 0.3) is 5.91 Å². The van der Waals surface area contributed by atoms with Crippen molar-refractivity contribution in [1.82, 2.24) is 16.2 Å². The van der Waals surface area contributed by atoms with Crippen LogP contribution in [0, 0.1) is 19.8 Å². The second-order valence-corrected chi connectivity index (χ2v) is 6.45. The highest BCUT2D eigenvalue weighted by atomic mass is 16.5. The molecular formula is C17H25N3O2. The third-order valence-corrected chi connectivity index (χ3v) is 4.86. The van der Waals surface area contributed by atoms with E-state index in [0.29, 0.717) is 12.0 Å². The minimum absolute atomic E-state index is 0.0439. The van der Waals surface area contributed by atoms with Gasteiger partial charge in [-0.25, -0.2) is 0 Å². The van der Waals surface area contributed by atoms with Crippen molar-refractivity contribution in [2.24, 2.45) is 5.92 Å². The molecule has 1 saturated carbocycles. The monoisotopic (exact) mass is 303 g/mol. The van der Waals surface area contributed by atoms with Gasteiger partial charge in [-0.1, -0.05) is 12.5 Å². The van der Waals surface area contributed by atoms with Crippen molar-refractivity contribution in [1.29, 1.82) is 0 Å². The molecule has 1 aliphatic heterocycles. The third-order valence-electron chi connectivity index (χ3n) is 4.86. The van der Waals surface area contributed by atoms with Gasteiger partial charge in [-0.3, -0.25) is 15.6 Å². The quantitative estimate of drug-likeness (QED) is 0.788. The molecule has 120 valence electrons. The summed E-state index contributed by atoms with van der Waals surface area (Å²) in [6.45, 7) is 5.18. The molecule has 0 aromatic heterocycles. The highest BCUT2D eigenvalue weighted by Gasteiger charge is 2.37. The van der Waals surface area contributed by atoms with Crippen LogP contribution in [0.25, 0.3) is 0 Å². The molecule has 3 atom stereocenters. The zero-order chi connectivity index (χ0) is 15.5. The summed E-state index contributed by atoms with van der Waals surface area (Å²) in [4.78, 5) is 12.1. The number of hydrazine groups is 1. The van der Waals surface area contributed by atoms with E-state index in [1.807, 2.05) is 25.1 Å². The van der Waals surface area contributed by atoms with E-state index in [0.717, 1.165) is 18.7 Å². The van der Waals surface area contributed by atoms with Gasteiger partial charge < -0.3 is 10.1 Å². The number of aryl methyl sites for hydroxylation is 2. The summed E-state index contributed by atoms with van der Waals surface area (Å²) < 4.78 is 5.61. The summed E-state index contributed by atoms with van der Waals surface area (Å²) >= 11 is 0. The number of benzene rings is 1. The van der Waals surface area contributed by atoms with Crippen molar-refractivity contribution in [3.63, 3.8) is 0 Å². The molecule has 1 aromatic rings. The predicted molar refractivity (Wildman–Crippen MR) is 85.6 cm³/mol. The SMILES string of the molecule is Cc1ccc(OCC(=O)NC2CCCC3CNNC32)cc1C. The molecule has 1 amide bonds. The second kappa shape index (κ2) is 6.67. The zero-order valence-corrected chi connectivity index (χ0v) is 13.3. The van der Waals surface area contributed by atoms with E-state index < -0.39 is 0 Å². The highest BCUT2D eigenvalue weighted by molar-refractivity contribution is 5.78. The average Bonchev–Trinajstić information content (AvgIpc) is 2.98. The van der Waals surface area contributed by atoms with Gasteiger partial charge in [0.05, 0.1) is 0 Å². The van der Waals surface area contributed by atoms with Crippen LogP contribution in [0.4, 0.5) is 0 Å². The first kappa shape index (κ1) is 15.3. The summed E-state index contributed by atoms with van der Waals surface area (Å²) in [5.41, 5.74) is 8.90. The number of amides is 1. The van der Waals surface area contributed by atoms with Crippen molar-refractivity contribution in [2.75, 3.05) is 13.2 Å². The van der Waals surface area contributed by atoms with Gasteiger partial charge in [0, 0.05) is 18.6 Å². The largest absolute Gasteiger partial charge is 0.484 e. The first-order chi connectivity index (χ1) is 10.6. The molecule has 3 rings (SSSR count). The van der Waals surface area contributed by atoms with E-state index in [9.17, 15) is 4.79 Å². The zero-order valence-electron chi connectivity index (χ0n) is 13.3. The maximum absolute atomic E-state index is 12.1. The normalized spacial score (nSPS) is 27.3. The number of ether oxygens (including phenoxy) is 1. The molecule has 2 aliphatic rings. The van der Waals surface area contributed by atoms with Crippen LogP contribution in [-0.2, 0) is 4.79 Å². The van der Waals surface area contributed by atoms with Crippen LogP contribution in [0.2, 0.25) is 0 Å². The van der Waals surface area contributed by atoms with E-state index in [4.69, 9.17) is 4.74 Å². The summed E-state index contributed by atoms with van der Waals surface area (Å²) in [5.74, 6) is 1.33. The Morgan fingerprint density at radius 3 is 3.00 bits per heavy atom. The Morgan fingerprint density at radius 1 is 1.32 bits per heavy atom. The van der Waals surface area contributed by atoms with Crippen molar-refractivity contribution in [2.45, 2.75) is 45.2 Å². The molecule has 22 heavy (non-hydrogen) atoms. The first-order valence-corrected chi connectivity index (χ1v) is 8.11. The van der Waals surface area contributed by atoms with Crippen LogP contribution in [0.5, 0.6) is 5.75 Å². The first-order valence-electron chi connectivity index (χ1n) is 8.11. The van der Waals surface area contributed by atoms with Crippen molar-refractivity contribution >= 4 is 5.91 Å². The van der Waals surface area contributed by atoms with Crippen LogP contribution in [-0.4, -0.2) is 31.1 Å². The van der Waals surface area contributed by atoms with Gasteiger partial charge >= 0.3 is 0 Å². The fraction of sp³-hybridized carbons (Fsp3) is 0.588. The van der Waals surface area contributed by atoms with Crippen molar-refractivity contribution in [3.05, 3.63) is 29.3 Å². The molecule has 5 heteroatoms. The Bertz CT molecular complexity index is 547. The van der Waals surface area contributed by atoms with Gasteiger partial charge in [0.2, 0.25) is 0 Å². The molecule has 1 saturated heterocycles. The lowest BCUT2D eigenvalue weighted by Gasteiger charge is -2.33. The fourth-order valence-electron chi connectivity index (χ4n) is 3.41. The maximum Gasteiger partial charge on any atom is 0.258 e. The molecule has 3 unspecified atom stereocenters. The molecule has 3 N–H and O–H groups in total. The van der Waals surface area contributed by atoms with Gasteiger partial charge in [-0.15, -0.1) is 0 Å². The van der Waals surface area contributed by atoms with Gasteiger partial charge in [-0.2, -0.15) is 0 Å². The molecule has 5 nitrogen and oxygen atoms in total. The molecule has 0 bridgehead atoms. The Balaban J connectivity index is 1.50. The number of carbonyl (C=O) groups is 1. The molecule has 1 aromatic carbocycles. The summed E-state index contributed by atoms with van der Waals surface area (Å²) in [5, 5.41) is 3.12. The van der Waals surface area contributed by atoms with E-state index in [1.165, 1.54) is 24.0 Å². The lowest BCUT2D eigenvalue weighted by molar-refractivity contribution is -0.124. The van der Waals surface area contributed by atoms with Gasteiger partial charge in [-0.05, 0) is 55.9 Å². The van der Waals surface area contributed by atoms with E-state index in [1.54, 1.807) is 0 Å². The Kier molecular flexibility index (Phi) is 4.64. The summed E-state index contributed by atoms with van der Waals surface area (Å²) in [7, 11) is 0. The second-order valence-electron chi connectivity index (χ2n) is 6.45. The standard InChI is InChI=1S/C17H25N3O2/c1-11-6-7-14(8-12(11)2)22-10-16(21)19-15-5-3-4-13-9-18-20-17(13)15/h6-8,13,15,17-18,20H,3-5,9-10H2,1-2H3,(H,19,21). The topological polar surface area (TPSA) is 62.4 Å². The summed E-state index contributed by atoms with van der Waals surface area (Å²) in [6, 6.07) is 6.45. The van der Waals surface area contributed by atoms with Crippen LogP contribution in [0.15, 0.2) is 18.2 Å². The van der Waals surface area contributed by atoms with Crippen molar-refractivity contribution < 1.29 is 9.53 Å². The van der Waals surface area contributed by atoms with Crippen LogP contribution >= 0.6 is 0 Å². The van der Waals surface area contributed by atoms with E-state index in [-0.39, 0.29) is 18.6 Å². The maximum atomic E-state index is 12.1. The minimum atomic E-state index is -0.0439. The minimum Gasteiger partial charge on any atom is -0.484 e. The lowest BCUT2D eigenvalue weighted by Crippen LogP contribution is -2.53. The average molecular weight is 303 g/mol. The molecule has 0 spiro atoms. The van der Waals surface area contributed by atoms with Crippen LogP contribution in [0.3, 0.4) is 0 Å². The van der Waals surface area contributed by atoms with Gasteiger partial charge in [0.1, 0.15) is 5.75 Å². The molecule has 1 heterocycles. The number of hydrogen-bond acceptors (Lipinski definition) is 4. The Morgan fingerprint density at radius 2 is 2.18 bits per heavy atom. The highest BCUT2D eigenvalue weighted by Crippen LogP contribution is 2.26. The lowest BCUT2D eigenvalue weighted by atomic mass is 9.82. The molecule has 0 radical (unpaired) electrons. The van der Waals surface area contributed by atoms with E-state index in [2.05, 4.69) is 23.1 Å². The number of nitrogens with one attached hydrogen (secondary N) is 3. The van der Waals surface area contributed by atoms with Gasteiger partial charge in [0.15, 0.2) is 6.61 Å². The Hall–Kier alpha value is -1.59. The third kappa shape index (κ3) is 3.42. The Labute approximate surface area is 131 Å². The van der Waals surface area contributed by atoms with Crippen LogP contribution < -0.4 is 20.9 Å². The number of hydrogen-bond donors (Lipinski definition) is 3. The molecule has 2 fully saturated rings. The smallest absolute Gasteiger partial charge is 0.258 e. The number of carbonyl (C=O) groups excluding carboxylic acids is 1. The summed E-state index contributed by atoms with van der Waals surface area (Å²) in [6.07, 6.45) is 3.44. The number of rotatable bonds is 4. The number of fused-ring (bicyclic) bond motifs is 1. The fourth-order valence-corrected chi connectivity index (χ4v) is 3.41. The molecule has 1 aliphatic carbocycles.